The van der Waals surface area contributed by atoms with E-state index in [0.29, 0.717) is 5.41 Å². The molecule has 6 aromatic rings. The molecule has 0 amide bonds. The van der Waals surface area contributed by atoms with Gasteiger partial charge in [0.25, 0.3) is 0 Å². The first-order chi connectivity index (χ1) is 22.8. The van der Waals surface area contributed by atoms with Crippen LogP contribution in [0, 0.1) is 45.2 Å². The standard InChI is InChI=1S/C25H28N.C20H17N2.Ir/c1-17-7-10-22(24-13-18(2)19(3)16-26-24)14-23(17)21-11-8-20(9-12-21)15-25(4,5)6;1-13-7-6-10-18(22-13)19-11-15-14-8-4-5-9-16(14)20(2,3)17(15)12-21-19;/h7-9,11-14,16H,15H2,1-6H3;4-9,11-12H,1-3H3;/q2*-1;. The van der Waals surface area contributed by atoms with Gasteiger partial charge in [-0.25, -0.2) is 0 Å². The van der Waals surface area contributed by atoms with Crippen LogP contribution >= 0.6 is 0 Å². The molecule has 0 aliphatic heterocycles. The molecular weight excluding hydrogens is 775 g/mol. The molecule has 49 heavy (non-hydrogen) atoms. The van der Waals surface area contributed by atoms with Crippen LogP contribution in [-0.2, 0) is 31.9 Å². The van der Waals surface area contributed by atoms with Gasteiger partial charge in [0.15, 0.2) is 0 Å². The first-order valence-corrected chi connectivity index (χ1v) is 16.8. The number of fused-ring (bicyclic) bond motifs is 3. The quantitative estimate of drug-likeness (QED) is 0.166. The van der Waals surface area contributed by atoms with E-state index in [4.69, 9.17) is 0 Å². The van der Waals surface area contributed by atoms with Crippen LogP contribution in [0.3, 0.4) is 0 Å². The second-order valence-electron chi connectivity index (χ2n) is 14.9. The van der Waals surface area contributed by atoms with E-state index in [-0.39, 0.29) is 25.5 Å². The van der Waals surface area contributed by atoms with Gasteiger partial charge in [0.05, 0.1) is 0 Å². The van der Waals surface area contributed by atoms with Crippen molar-refractivity contribution >= 4 is 0 Å². The van der Waals surface area contributed by atoms with Crippen LogP contribution in [0.15, 0.2) is 97.3 Å². The molecule has 3 aromatic heterocycles. The topological polar surface area (TPSA) is 38.7 Å². The zero-order valence-corrected chi connectivity index (χ0v) is 32.5. The molecule has 0 fully saturated rings. The van der Waals surface area contributed by atoms with E-state index in [9.17, 15) is 0 Å². The summed E-state index contributed by atoms with van der Waals surface area (Å²) in [4.78, 5) is 13.8. The first-order valence-electron chi connectivity index (χ1n) is 16.8. The van der Waals surface area contributed by atoms with Crippen molar-refractivity contribution in [2.75, 3.05) is 0 Å². The fourth-order valence-corrected chi connectivity index (χ4v) is 6.54. The van der Waals surface area contributed by atoms with Crippen LogP contribution in [0.4, 0.5) is 0 Å². The van der Waals surface area contributed by atoms with Gasteiger partial charge >= 0.3 is 0 Å². The fourth-order valence-electron chi connectivity index (χ4n) is 6.54. The molecule has 1 radical (unpaired) electrons. The molecule has 0 atom stereocenters. The fraction of sp³-hybridized carbons (Fsp3) is 0.267. The molecule has 1 aliphatic carbocycles. The molecule has 3 heterocycles. The van der Waals surface area contributed by atoms with Gasteiger partial charge in [0.2, 0.25) is 0 Å². The Bertz CT molecular complexity index is 2100. The maximum atomic E-state index is 4.65. The van der Waals surface area contributed by atoms with Gasteiger partial charge < -0.3 is 9.97 Å². The second kappa shape index (κ2) is 14.3. The summed E-state index contributed by atoms with van der Waals surface area (Å²) >= 11 is 0. The SMILES string of the molecule is Cc1cc[c-]c(-c2cc3c(cn2)C(C)(C)c2ccccc2-3)n1.Cc1cnc(-c2[c-]cc(C)c(-c3ccc(CC(C)(C)C)cc3)c2)cc1C.[Ir]. The molecule has 0 N–H and O–H groups in total. The normalized spacial score (nSPS) is 12.7. The number of aryl methyl sites for hydroxylation is 4. The average Bonchev–Trinajstić information content (AvgIpc) is 3.28. The van der Waals surface area contributed by atoms with Crippen LogP contribution in [0.25, 0.3) is 44.9 Å². The molecule has 0 spiro atoms. The summed E-state index contributed by atoms with van der Waals surface area (Å²) in [6.45, 7) is 19.7. The van der Waals surface area contributed by atoms with E-state index in [1.165, 1.54) is 55.6 Å². The molecule has 0 bridgehead atoms. The number of pyridine rings is 3. The third-order valence-electron chi connectivity index (χ3n) is 9.35. The molecule has 0 saturated carbocycles. The van der Waals surface area contributed by atoms with E-state index in [2.05, 4.69) is 155 Å². The van der Waals surface area contributed by atoms with Crippen molar-refractivity contribution in [1.29, 1.82) is 0 Å². The van der Waals surface area contributed by atoms with Crippen LogP contribution in [0.2, 0.25) is 0 Å². The number of nitrogens with zero attached hydrogens (tertiary/aromatic N) is 3. The average molecular weight is 820 g/mol. The minimum atomic E-state index is 0. The molecule has 251 valence electrons. The van der Waals surface area contributed by atoms with Gasteiger partial charge in [-0.2, -0.15) is 12.1 Å². The Kier molecular flexibility index (Phi) is 10.5. The van der Waals surface area contributed by atoms with Crippen molar-refractivity contribution in [3.63, 3.8) is 0 Å². The van der Waals surface area contributed by atoms with Gasteiger partial charge in [0, 0.05) is 37.9 Å². The van der Waals surface area contributed by atoms with E-state index in [1.807, 2.05) is 31.5 Å². The summed E-state index contributed by atoms with van der Waals surface area (Å²) in [7, 11) is 0. The van der Waals surface area contributed by atoms with Crippen molar-refractivity contribution < 1.29 is 20.1 Å². The zero-order chi connectivity index (χ0) is 34.2. The zero-order valence-electron chi connectivity index (χ0n) is 30.1. The Morgan fingerprint density at radius 2 is 1.39 bits per heavy atom. The molecule has 3 aromatic carbocycles. The Morgan fingerprint density at radius 3 is 2.08 bits per heavy atom. The maximum Gasteiger partial charge on any atom is 0.0192 e. The number of hydrogen-bond acceptors (Lipinski definition) is 3. The van der Waals surface area contributed by atoms with E-state index < -0.39 is 0 Å². The van der Waals surface area contributed by atoms with Crippen molar-refractivity contribution in [3.8, 4) is 44.9 Å². The largest absolute Gasteiger partial charge is 0.318 e. The van der Waals surface area contributed by atoms with Crippen molar-refractivity contribution in [2.45, 2.75) is 74.1 Å². The van der Waals surface area contributed by atoms with Crippen LogP contribution < -0.4 is 0 Å². The Hall–Kier alpha value is -4.24. The van der Waals surface area contributed by atoms with E-state index >= 15 is 0 Å². The van der Waals surface area contributed by atoms with Crippen LogP contribution in [0.1, 0.15) is 73.7 Å². The molecule has 7 rings (SSSR count). The van der Waals surface area contributed by atoms with Gasteiger partial charge in [-0.05, 0) is 94.3 Å². The van der Waals surface area contributed by atoms with E-state index in [0.717, 1.165) is 34.8 Å². The van der Waals surface area contributed by atoms with Gasteiger partial charge in [-0.1, -0.05) is 113 Å². The van der Waals surface area contributed by atoms with Gasteiger partial charge in [-0.15, -0.1) is 35.4 Å². The number of benzene rings is 3. The molecular formula is C45H45IrN3-2. The number of hydrogen-bond donors (Lipinski definition) is 0. The van der Waals surface area contributed by atoms with Gasteiger partial charge in [-0.3, -0.25) is 4.98 Å². The molecule has 1 aliphatic rings. The van der Waals surface area contributed by atoms with Crippen LogP contribution in [-0.4, -0.2) is 15.0 Å². The maximum absolute atomic E-state index is 4.65. The van der Waals surface area contributed by atoms with Crippen LogP contribution in [0.5, 0.6) is 0 Å². The predicted molar refractivity (Wildman–Crippen MR) is 200 cm³/mol. The smallest absolute Gasteiger partial charge is 0.0192 e. The van der Waals surface area contributed by atoms with Crippen molar-refractivity contribution in [3.05, 3.63) is 149 Å². The molecule has 0 unspecified atom stereocenters. The molecule has 4 heteroatoms. The Balaban J connectivity index is 0.000000189. The van der Waals surface area contributed by atoms with Crippen molar-refractivity contribution in [2.24, 2.45) is 5.41 Å². The third-order valence-corrected chi connectivity index (χ3v) is 9.35. The second-order valence-corrected chi connectivity index (χ2v) is 14.9. The summed E-state index contributed by atoms with van der Waals surface area (Å²) in [5, 5.41) is 0. The molecule has 0 saturated heterocycles. The third kappa shape index (κ3) is 7.82. The summed E-state index contributed by atoms with van der Waals surface area (Å²) in [5.41, 5.74) is 17.8. The Morgan fingerprint density at radius 1 is 0.673 bits per heavy atom. The predicted octanol–water partition coefficient (Wildman–Crippen LogP) is 11.3. The molecule has 3 nitrogen and oxygen atoms in total. The number of aromatic nitrogens is 3. The number of rotatable bonds is 4. The van der Waals surface area contributed by atoms with Crippen molar-refractivity contribution in [1.82, 2.24) is 15.0 Å². The summed E-state index contributed by atoms with van der Waals surface area (Å²) in [6, 6.07) is 36.6. The Labute approximate surface area is 306 Å². The minimum absolute atomic E-state index is 0. The summed E-state index contributed by atoms with van der Waals surface area (Å²) in [6.07, 6.45) is 5.04. The summed E-state index contributed by atoms with van der Waals surface area (Å²) in [5.74, 6) is 0. The minimum Gasteiger partial charge on any atom is -0.318 e. The van der Waals surface area contributed by atoms with Gasteiger partial charge in [0.1, 0.15) is 0 Å². The summed E-state index contributed by atoms with van der Waals surface area (Å²) < 4.78 is 0. The first kappa shape index (κ1) is 36.1. The van der Waals surface area contributed by atoms with E-state index in [1.54, 1.807) is 0 Å². The monoisotopic (exact) mass is 820 g/mol.